The molecule has 17 heavy (non-hydrogen) atoms. The molecule has 1 N–H and O–H groups in total. The molecule has 0 radical (unpaired) electrons. The molecule has 0 bridgehead atoms. The van der Waals surface area contributed by atoms with Crippen molar-refractivity contribution < 1.29 is 13.9 Å². The molecular formula is C13H20FNO2. The van der Waals surface area contributed by atoms with E-state index in [1.54, 1.807) is 13.1 Å². The summed E-state index contributed by atoms with van der Waals surface area (Å²) in [6.07, 6.45) is 0. The fourth-order valence-corrected chi connectivity index (χ4v) is 1.09. The monoisotopic (exact) mass is 241 g/mol. The number of para-hydroxylation sites is 1. The van der Waals surface area contributed by atoms with E-state index in [-0.39, 0.29) is 11.4 Å². The molecule has 0 heterocycles. The summed E-state index contributed by atoms with van der Waals surface area (Å²) in [4.78, 5) is 9.60. The molecule has 0 amide bonds. The lowest BCUT2D eigenvalue weighted by atomic mass is 10.2. The van der Waals surface area contributed by atoms with Crippen LogP contribution in [0.4, 0.5) is 10.1 Å². The van der Waals surface area contributed by atoms with E-state index in [0.717, 1.165) is 5.56 Å². The first-order valence-corrected chi connectivity index (χ1v) is 5.36. The molecular weight excluding hydrogens is 221 g/mol. The molecule has 0 saturated carbocycles. The number of hydrogen-bond acceptors (Lipinski definition) is 3. The third kappa shape index (κ3) is 6.56. The van der Waals surface area contributed by atoms with E-state index in [1.165, 1.54) is 6.07 Å². The second kappa shape index (κ2) is 6.89. The Labute approximate surface area is 102 Å². The van der Waals surface area contributed by atoms with Crippen LogP contribution in [0.15, 0.2) is 18.2 Å². The minimum atomic E-state index is -0.318. The van der Waals surface area contributed by atoms with Crippen molar-refractivity contribution >= 4 is 12.2 Å². The van der Waals surface area contributed by atoms with Gasteiger partial charge in [-0.05, 0) is 39.3 Å². The highest BCUT2D eigenvalue weighted by Gasteiger charge is 2.07. The highest BCUT2D eigenvalue weighted by atomic mass is 19.1. The van der Waals surface area contributed by atoms with E-state index < -0.39 is 0 Å². The van der Waals surface area contributed by atoms with E-state index in [2.05, 4.69) is 10.1 Å². The summed E-state index contributed by atoms with van der Waals surface area (Å²) in [6, 6.07) is 5.01. The molecule has 96 valence electrons. The Morgan fingerprint density at radius 3 is 2.18 bits per heavy atom. The van der Waals surface area contributed by atoms with Gasteiger partial charge in [0.2, 0.25) is 0 Å². The molecule has 0 fully saturated rings. The smallest absolute Gasteiger partial charge is 0.293 e. The predicted molar refractivity (Wildman–Crippen MR) is 67.6 cm³/mol. The Bertz CT molecular complexity index is 339. The van der Waals surface area contributed by atoms with Gasteiger partial charge in [-0.3, -0.25) is 4.79 Å². The molecule has 0 saturated heterocycles. The molecule has 4 heteroatoms. The summed E-state index contributed by atoms with van der Waals surface area (Å²) in [5.74, 6) is -0.192. The van der Waals surface area contributed by atoms with Gasteiger partial charge in [0, 0.05) is 7.05 Å². The lowest BCUT2D eigenvalue weighted by molar-refractivity contribution is -0.138. The zero-order valence-electron chi connectivity index (χ0n) is 11.0. The Hall–Kier alpha value is -1.58. The van der Waals surface area contributed by atoms with Crippen molar-refractivity contribution in [3.8, 4) is 0 Å². The summed E-state index contributed by atoms with van der Waals surface area (Å²) in [5, 5.41) is 2.79. The number of halogens is 1. The number of carbonyl (C=O) groups is 1. The first-order valence-electron chi connectivity index (χ1n) is 5.36. The maximum Gasteiger partial charge on any atom is 0.293 e. The average Bonchev–Trinajstić information content (AvgIpc) is 2.17. The predicted octanol–water partition coefficient (Wildman–Crippen LogP) is 3.13. The number of aryl methyl sites for hydroxylation is 1. The van der Waals surface area contributed by atoms with Gasteiger partial charge in [0.25, 0.3) is 6.47 Å². The van der Waals surface area contributed by atoms with Gasteiger partial charge < -0.3 is 10.1 Å². The van der Waals surface area contributed by atoms with Crippen LogP contribution in [0.1, 0.15) is 26.3 Å². The van der Waals surface area contributed by atoms with Crippen LogP contribution in [-0.4, -0.2) is 19.1 Å². The molecule has 0 aliphatic rings. The summed E-state index contributed by atoms with van der Waals surface area (Å²) in [6.45, 7) is 7.79. The third-order valence-electron chi connectivity index (χ3n) is 1.87. The number of hydrogen-bond donors (Lipinski definition) is 1. The zero-order chi connectivity index (χ0) is 13.5. The molecule has 1 aromatic carbocycles. The summed E-state index contributed by atoms with van der Waals surface area (Å²) >= 11 is 0. The lowest BCUT2D eigenvalue weighted by Crippen LogP contribution is -2.17. The molecule has 1 aromatic rings. The number of benzene rings is 1. The van der Waals surface area contributed by atoms with Crippen LogP contribution in [0.5, 0.6) is 0 Å². The van der Waals surface area contributed by atoms with Gasteiger partial charge in [0.15, 0.2) is 0 Å². The van der Waals surface area contributed by atoms with Crippen LogP contribution >= 0.6 is 0 Å². The summed E-state index contributed by atoms with van der Waals surface area (Å²) < 4.78 is 17.3. The Kier molecular flexibility index (Phi) is 6.25. The molecule has 0 atom stereocenters. The largest absolute Gasteiger partial charge is 0.462 e. The maximum atomic E-state index is 12.8. The zero-order valence-corrected chi connectivity index (χ0v) is 11.0. The van der Waals surface area contributed by atoms with Gasteiger partial charge >= 0.3 is 0 Å². The number of anilines is 1. The van der Waals surface area contributed by atoms with Gasteiger partial charge in [0.1, 0.15) is 11.4 Å². The van der Waals surface area contributed by atoms with Crippen molar-refractivity contribution in [3.05, 3.63) is 29.6 Å². The summed E-state index contributed by atoms with van der Waals surface area (Å²) in [7, 11) is 1.71. The van der Waals surface area contributed by atoms with E-state index >= 15 is 0 Å². The van der Waals surface area contributed by atoms with Crippen molar-refractivity contribution in [2.24, 2.45) is 0 Å². The Morgan fingerprint density at radius 2 is 1.94 bits per heavy atom. The van der Waals surface area contributed by atoms with Crippen LogP contribution in [0.25, 0.3) is 0 Å². The van der Waals surface area contributed by atoms with Crippen LogP contribution in [0.2, 0.25) is 0 Å². The van der Waals surface area contributed by atoms with Crippen molar-refractivity contribution in [2.45, 2.75) is 33.3 Å². The van der Waals surface area contributed by atoms with Crippen molar-refractivity contribution in [3.63, 3.8) is 0 Å². The number of nitrogens with one attached hydrogen (secondary N) is 1. The first-order chi connectivity index (χ1) is 7.81. The fourth-order valence-electron chi connectivity index (χ4n) is 1.09. The standard InChI is InChI=1S/C8H10FN.C5H10O2/c1-6-4-3-5-7(9)8(6)10-2;1-5(2,3)7-4-6/h3-5,10H,1-2H3;4H,1-3H3. The van der Waals surface area contributed by atoms with Gasteiger partial charge in [-0.2, -0.15) is 0 Å². The topological polar surface area (TPSA) is 38.3 Å². The third-order valence-corrected chi connectivity index (χ3v) is 1.87. The highest BCUT2D eigenvalue weighted by molar-refractivity contribution is 5.50. The molecule has 0 unspecified atom stereocenters. The molecule has 3 nitrogen and oxygen atoms in total. The highest BCUT2D eigenvalue weighted by Crippen LogP contribution is 2.16. The van der Waals surface area contributed by atoms with Crippen LogP contribution < -0.4 is 5.32 Å². The van der Waals surface area contributed by atoms with Crippen LogP contribution in [0.3, 0.4) is 0 Å². The normalized spacial score (nSPS) is 10.0. The SMILES string of the molecule is CC(C)(C)OC=O.CNc1c(C)cccc1F. The van der Waals surface area contributed by atoms with Gasteiger partial charge in [-0.1, -0.05) is 12.1 Å². The number of rotatable bonds is 2. The van der Waals surface area contributed by atoms with E-state index in [4.69, 9.17) is 0 Å². The minimum absolute atomic E-state index is 0.192. The van der Waals surface area contributed by atoms with Crippen molar-refractivity contribution in [1.82, 2.24) is 0 Å². The average molecular weight is 241 g/mol. The van der Waals surface area contributed by atoms with Crippen LogP contribution in [-0.2, 0) is 9.53 Å². The van der Waals surface area contributed by atoms with E-state index in [9.17, 15) is 9.18 Å². The number of ether oxygens (including phenoxy) is 1. The van der Waals surface area contributed by atoms with E-state index in [1.807, 2.05) is 33.8 Å². The van der Waals surface area contributed by atoms with Gasteiger partial charge in [0.05, 0.1) is 5.69 Å². The van der Waals surface area contributed by atoms with Crippen LogP contribution in [0, 0.1) is 12.7 Å². The van der Waals surface area contributed by atoms with Crippen molar-refractivity contribution in [1.29, 1.82) is 0 Å². The molecule has 0 aromatic heterocycles. The summed E-state index contributed by atoms with van der Waals surface area (Å²) in [5.41, 5.74) is 1.20. The molecule has 0 spiro atoms. The molecule has 0 aliphatic heterocycles. The Morgan fingerprint density at radius 1 is 1.35 bits per heavy atom. The quantitative estimate of drug-likeness (QED) is 0.808. The van der Waals surface area contributed by atoms with Crippen molar-refractivity contribution in [2.75, 3.05) is 12.4 Å². The second-order valence-electron chi connectivity index (χ2n) is 4.51. The second-order valence-corrected chi connectivity index (χ2v) is 4.51. The van der Waals surface area contributed by atoms with E-state index in [0.29, 0.717) is 12.2 Å². The first kappa shape index (κ1) is 15.4. The lowest BCUT2D eigenvalue weighted by Gasteiger charge is -2.14. The Balaban J connectivity index is 0.000000325. The van der Waals surface area contributed by atoms with Gasteiger partial charge in [-0.15, -0.1) is 0 Å². The molecule has 1 rings (SSSR count). The number of carbonyl (C=O) groups excluding carboxylic acids is 1. The maximum absolute atomic E-state index is 12.8. The minimum Gasteiger partial charge on any atom is -0.462 e. The van der Waals surface area contributed by atoms with Gasteiger partial charge in [-0.25, -0.2) is 4.39 Å². The fraction of sp³-hybridized carbons (Fsp3) is 0.462. The molecule has 0 aliphatic carbocycles.